The first-order valence-corrected chi connectivity index (χ1v) is 8.09. The summed E-state index contributed by atoms with van der Waals surface area (Å²) in [6.07, 6.45) is 0.336. The number of hydrogen-bond donors (Lipinski definition) is 1. The summed E-state index contributed by atoms with van der Waals surface area (Å²) in [5.41, 5.74) is 0. The van der Waals surface area contributed by atoms with E-state index in [1.165, 1.54) is 14.2 Å². The van der Waals surface area contributed by atoms with Gasteiger partial charge in [0.05, 0.1) is 12.7 Å². The number of likely N-dealkylation sites (N-methyl/N-ethyl adjacent to an activating group) is 1. The van der Waals surface area contributed by atoms with E-state index in [4.69, 9.17) is 4.74 Å². The number of thiophene rings is 1. The van der Waals surface area contributed by atoms with E-state index in [-0.39, 0.29) is 0 Å². The summed E-state index contributed by atoms with van der Waals surface area (Å²) in [6.45, 7) is 10.3. The van der Waals surface area contributed by atoms with Crippen LogP contribution in [0.15, 0.2) is 10.5 Å². The highest BCUT2D eigenvalue weighted by Gasteiger charge is 2.18. The minimum atomic E-state index is 0.336. The lowest BCUT2D eigenvalue weighted by Gasteiger charge is -2.32. The zero-order valence-electron chi connectivity index (χ0n) is 11.0. The smallest absolute Gasteiger partial charge is 0.0826 e. The van der Waals surface area contributed by atoms with Crippen LogP contribution in [0.1, 0.15) is 16.7 Å². The third kappa shape index (κ3) is 4.03. The zero-order chi connectivity index (χ0) is 13.0. The molecule has 1 N–H and O–H groups in total. The van der Waals surface area contributed by atoms with Crippen molar-refractivity contribution in [2.45, 2.75) is 26.5 Å². The van der Waals surface area contributed by atoms with Gasteiger partial charge in [-0.1, -0.05) is 6.92 Å². The predicted molar refractivity (Wildman–Crippen MR) is 80.3 cm³/mol. The highest BCUT2D eigenvalue weighted by Crippen LogP contribution is 2.26. The molecule has 1 aromatic heterocycles. The van der Waals surface area contributed by atoms with E-state index in [0.717, 1.165) is 39.3 Å². The van der Waals surface area contributed by atoms with E-state index in [9.17, 15) is 0 Å². The molecule has 1 unspecified atom stereocenters. The van der Waals surface area contributed by atoms with E-state index in [0.29, 0.717) is 6.10 Å². The number of rotatable bonds is 5. The van der Waals surface area contributed by atoms with Crippen LogP contribution in [-0.2, 0) is 11.3 Å². The van der Waals surface area contributed by atoms with Crippen LogP contribution in [0.3, 0.4) is 0 Å². The number of ether oxygens (including phenoxy) is 1. The van der Waals surface area contributed by atoms with Crippen molar-refractivity contribution in [2.24, 2.45) is 0 Å². The maximum atomic E-state index is 5.77. The molecule has 0 aliphatic carbocycles. The average Bonchev–Trinajstić information content (AvgIpc) is 2.69. The fourth-order valence-corrected chi connectivity index (χ4v) is 3.72. The van der Waals surface area contributed by atoms with Crippen LogP contribution in [0.4, 0.5) is 0 Å². The van der Waals surface area contributed by atoms with Crippen LogP contribution in [0.5, 0.6) is 0 Å². The quantitative estimate of drug-likeness (QED) is 0.897. The van der Waals surface area contributed by atoms with Crippen LogP contribution < -0.4 is 5.32 Å². The average molecular weight is 333 g/mol. The zero-order valence-corrected chi connectivity index (χ0v) is 13.4. The first-order chi connectivity index (χ1) is 8.69. The Bertz CT molecular complexity index is 364. The van der Waals surface area contributed by atoms with Gasteiger partial charge < -0.3 is 10.1 Å². The highest BCUT2D eigenvalue weighted by atomic mass is 79.9. The van der Waals surface area contributed by atoms with Gasteiger partial charge in [0.25, 0.3) is 0 Å². The Morgan fingerprint density at radius 1 is 1.61 bits per heavy atom. The summed E-state index contributed by atoms with van der Waals surface area (Å²) < 4.78 is 6.98. The van der Waals surface area contributed by atoms with Gasteiger partial charge in [0.1, 0.15) is 0 Å². The second kappa shape index (κ2) is 7.01. The molecule has 0 spiro atoms. The number of nitrogens with zero attached hydrogens (tertiary/aromatic N) is 1. The van der Waals surface area contributed by atoms with Gasteiger partial charge in [0.2, 0.25) is 0 Å². The van der Waals surface area contributed by atoms with Crippen LogP contribution in [0.2, 0.25) is 0 Å². The fraction of sp³-hybridized carbons (Fsp3) is 0.692. The lowest BCUT2D eigenvalue weighted by atomic mass is 10.2. The van der Waals surface area contributed by atoms with Crippen molar-refractivity contribution in [2.75, 3.05) is 32.8 Å². The van der Waals surface area contributed by atoms with Gasteiger partial charge in [-0.15, -0.1) is 11.3 Å². The molecule has 0 aromatic carbocycles. The maximum Gasteiger partial charge on any atom is 0.0826 e. The molecule has 1 aliphatic heterocycles. The van der Waals surface area contributed by atoms with E-state index >= 15 is 0 Å². The molecule has 0 bridgehead atoms. The molecule has 1 aliphatic rings. The first-order valence-electron chi connectivity index (χ1n) is 6.48. The monoisotopic (exact) mass is 332 g/mol. The van der Waals surface area contributed by atoms with E-state index in [1.54, 1.807) is 0 Å². The lowest BCUT2D eigenvalue weighted by molar-refractivity contribution is -0.0253. The molecule has 5 heteroatoms. The largest absolute Gasteiger partial charge is 0.374 e. The summed E-state index contributed by atoms with van der Waals surface area (Å²) in [5, 5.41) is 3.49. The van der Waals surface area contributed by atoms with Gasteiger partial charge in [-0.05, 0) is 35.5 Å². The van der Waals surface area contributed by atoms with Crippen molar-refractivity contribution in [1.82, 2.24) is 10.2 Å². The Morgan fingerprint density at radius 3 is 3.11 bits per heavy atom. The van der Waals surface area contributed by atoms with E-state index < -0.39 is 0 Å². The predicted octanol–water partition coefficient (Wildman–Crippen LogP) is 2.63. The van der Waals surface area contributed by atoms with E-state index in [2.05, 4.69) is 46.1 Å². The van der Waals surface area contributed by atoms with Gasteiger partial charge in [-0.25, -0.2) is 0 Å². The van der Waals surface area contributed by atoms with Crippen molar-refractivity contribution in [3.8, 4) is 0 Å². The summed E-state index contributed by atoms with van der Waals surface area (Å²) in [6, 6.07) is 2.20. The minimum absolute atomic E-state index is 0.336. The molecule has 1 fully saturated rings. The van der Waals surface area contributed by atoms with Crippen molar-refractivity contribution in [1.29, 1.82) is 0 Å². The Balaban J connectivity index is 1.71. The van der Waals surface area contributed by atoms with Gasteiger partial charge in [0, 0.05) is 40.4 Å². The molecule has 102 valence electrons. The second-order valence-corrected chi connectivity index (χ2v) is 6.83. The normalized spacial score (nSPS) is 21.4. The second-order valence-electron chi connectivity index (χ2n) is 4.63. The molecule has 18 heavy (non-hydrogen) atoms. The van der Waals surface area contributed by atoms with Crippen molar-refractivity contribution in [3.63, 3.8) is 0 Å². The van der Waals surface area contributed by atoms with Crippen molar-refractivity contribution >= 4 is 27.3 Å². The van der Waals surface area contributed by atoms with E-state index in [1.807, 2.05) is 11.3 Å². The van der Waals surface area contributed by atoms with Crippen LogP contribution >= 0.6 is 27.3 Å². The fourth-order valence-electron chi connectivity index (χ4n) is 2.15. The first kappa shape index (κ1) is 14.5. The number of hydrogen-bond acceptors (Lipinski definition) is 4. The molecule has 2 heterocycles. The number of aryl methyl sites for hydroxylation is 1. The standard InChI is InChI=1S/C13H21BrN2OS/c1-3-16-4-5-17-11(9-16)7-15-8-12-6-13(14)10(2)18-12/h6,11,15H,3-5,7-9H2,1-2H3. The molecule has 2 rings (SSSR count). The SMILES string of the molecule is CCN1CCOC(CNCc2cc(Br)c(C)s2)C1. The van der Waals surface area contributed by atoms with Crippen LogP contribution in [0, 0.1) is 6.92 Å². The Kier molecular flexibility index (Phi) is 5.63. The molecule has 1 saturated heterocycles. The Morgan fingerprint density at radius 2 is 2.44 bits per heavy atom. The highest BCUT2D eigenvalue weighted by molar-refractivity contribution is 9.10. The summed E-state index contributed by atoms with van der Waals surface area (Å²) in [7, 11) is 0. The molecule has 0 amide bonds. The Labute approximate surface area is 122 Å². The molecule has 0 radical (unpaired) electrons. The van der Waals surface area contributed by atoms with Crippen LogP contribution in [-0.4, -0.2) is 43.8 Å². The third-order valence-corrected chi connectivity index (χ3v) is 5.39. The number of morpholine rings is 1. The minimum Gasteiger partial charge on any atom is -0.374 e. The molecule has 1 aromatic rings. The Hall–Kier alpha value is 0.0600. The number of nitrogens with one attached hydrogen (secondary N) is 1. The molecule has 3 nitrogen and oxygen atoms in total. The molecular weight excluding hydrogens is 312 g/mol. The number of halogens is 1. The molecular formula is C13H21BrN2OS. The molecule has 1 atom stereocenters. The molecule has 0 saturated carbocycles. The van der Waals surface area contributed by atoms with Gasteiger partial charge in [0.15, 0.2) is 0 Å². The summed E-state index contributed by atoms with van der Waals surface area (Å²) in [5.74, 6) is 0. The van der Waals surface area contributed by atoms with Crippen molar-refractivity contribution < 1.29 is 4.74 Å². The van der Waals surface area contributed by atoms with Gasteiger partial charge in [-0.3, -0.25) is 4.90 Å². The van der Waals surface area contributed by atoms with Gasteiger partial charge in [-0.2, -0.15) is 0 Å². The van der Waals surface area contributed by atoms with Crippen molar-refractivity contribution in [3.05, 3.63) is 20.3 Å². The topological polar surface area (TPSA) is 24.5 Å². The summed E-state index contributed by atoms with van der Waals surface area (Å²) in [4.78, 5) is 5.17. The summed E-state index contributed by atoms with van der Waals surface area (Å²) >= 11 is 5.40. The van der Waals surface area contributed by atoms with Gasteiger partial charge >= 0.3 is 0 Å². The third-order valence-electron chi connectivity index (χ3n) is 3.25. The maximum absolute atomic E-state index is 5.77. The lowest BCUT2D eigenvalue weighted by Crippen LogP contribution is -2.46. The van der Waals surface area contributed by atoms with Crippen LogP contribution in [0.25, 0.3) is 0 Å².